The molecule has 2 N–H and O–H groups in total. The van der Waals surface area contributed by atoms with Gasteiger partial charge in [-0.15, -0.1) is 0 Å². The van der Waals surface area contributed by atoms with Crippen molar-refractivity contribution in [2.24, 2.45) is 0 Å². The van der Waals surface area contributed by atoms with Crippen LogP contribution in [0.1, 0.15) is 19.3 Å². The molecule has 1 aromatic heterocycles. The average Bonchev–Trinajstić information content (AvgIpc) is 2.67. The first-order valence-corrected chi connectivity index (χ1v) is 6.71. The van der Waals surface area contributed by atoms with Crippen molar-refractivity contribution in [1.29, 1.82) is 0 Å². The quantitative estimate of drug-likeness (QED) is 0.761. The molecule has 1 heterocycles. The van der Waals surface area contributed by atoms with Gasteiger partial charge < -0.3 is 10.1 Å². The number of aromatic nitrogens is 2. The summed E-state index contributed by atoms with van der Waals surface area (Å²) in [5.41, 5.74) is 0. The Balaban J connectivity index is 2.24. The van der Waals surface area contributed by atoms with E-state index in [0.29, 0.717) is 0 Å². The Morgan fingerprint density at radius 3 is 2.75 bits per heavy atom. The molecule has 16 heavy (non-hydrogen) atoms. The van der Waals surface area contributed by atoms with Gasteiger partial charge in [-0.3, -0.25) is 0 Å². The molecule has 0 atom stereocenters. The molecule has 1 aliphatic carbocycles. The van der Waals surface area contributed by atoms with Gasteiger partial charge in [0.05, 0.1) is 19.1 Å². The van der Waals surface area contributed by atoms with Crippen LogP contribution >= 0.6 is 0 Å². The fourth-order valence-corrected chi connectivity index (χ4v) is 3.36. The lowest BCUT2D eigenvalue weighted by Crippen LogP contribution is -2.45. The number of aliphatic hydroxyl groups is 1. The van der Waals surface area contributed by atoms with Gasteiger partial charge in [0.25, 0.3) is 10.0 Å². The SMILES string of the molecule is O=S(=O)(c1cnc[nH]1)N(CCO)C1CCC1. The van der Waals surface area contributed by atoms with E-state index in [1.54, 1.807) is 0 Å². The third-order valence-electron chi connectivity index (χ3n) is 2.86. The van der Waals surface area contributed by atoms with Crippen molar-refractivity contribution < 1.29 is 13.5 Å². The van der Waals surface area contributed by atoms with Crippen LogP contribution in [0.3, 0.4) is 0 Å². The highest BCUT2D eigenvalue weighted by Crippen LogP contribution is 2.28. The van der Waals surface area contributed by atoms with E-state index < -0.39 is 10.0 Å². The van der Waals surface area contributed by atoms with E-state index in [2.05, 4.69) is 9.97 Å². The molecular weight excluding hydrogens is 230 g/mol. The normalized spacial score (nSPS) is 17.6. The number of aromatic amines is 1. The predicted molar refractivity (Wildman–Crippen MR) is 57.2 cm³/mol. The standard InChI is InChI=1S/C9H15N3O3S/c13-5-4-12(8-2-1-3-8)16(14,15)9-6-10-7-11-9/h6-8,13H,1-5H2,(H,10,11). The molecule has 0 saturated heterocycles. The Morgan fingerprint density at radius 1 is 1.56 bits per heavy atom. The Labute approximate surface area is 94.4 Å². The summed E-state index contributed by atoms with van der Waals surface area (Å²) in [7, 11) is -3.52. The molecule has 0 bridgehead atoms. The summed E-state index contributed by atoms with van der Waals surface area (Å²) in [6.45, 7) is -0.0180. The zero-order chi connectivity index (χ0) is 11.6. The first-order chi connectivity index (χ1) is 7.66. The molecule has 0 spiro atoms. The van der Waals surface area contributed by atoms with Crippen LogP contribution in [-0.2, 0) is 10.0 Å². The summed E-state index contributed by atoms with van der Waals surface area (Å²) < 4.78 is 25.7. The molecule has 0 aliphatic heterocycles. The molecular formula is C9H15N3O3S. The van der Waals surface area contributed by atoms with E-state index in [0.717, 1.165) is 19.3 Å². The molecule has 2 rings (SSSR count). The number of sulfonamides is 1. The van der Waals surface area contributed by atoms with E-state index in [-0.39, 0.29) is 24.2 Å². The number of rotatable bonds is 5. The zero-order valence-corrected chi connectivity index (χ0v) is 9.65. The van der Waals surface area contributed by atoms with Crippen molar-refractivity contribution in [1.82, 2.24) is 14.3 Å². The first kappa shape index (κ1) is 11.6. The highest BCUT2D eigenvalue weighted by atomic mass is 32.2. The molecule has 1 aromatic rings. The summed E-state index contributed by atoms with van der Waals surface area (Å²) in [6, 6.07) is 0.0282. The van der Waals surface area contributed by atoms with Crippen LogP contribution in [0.5, 0.6) is 0 Å². The summed E-state index contributed by atoms with van der Waals surface area (Å²) in [6.07, 6.45) is 5.41. The molecule has 1 fully saturated rings. The van der Waals surface area contributed by atoms with Gasteiger partial charge in [0.1, 0.15) is 0 Å². The van der Waals surface area contributed by atoms with Gasteiger partial charge in [0, 0.05) is 12.6 Å². The summed E-state index contributed by atoms with van der Waals surface area (Å²) >= 11 is 0. The number of imidazole rings is 1. The highest BCUT2D eigenvalue weighted by molar-refractivity contribution is 7.89. The predicted octanol–water partition coefficient (Wildman–Crippen LogP) is -0.0548. The van der Waals surface area contributed by atoms with Crippen molar-refractivity contribution in [3.05, 3.63) is 12.5 Å². The van der Waals surface area contributed by atoms with Crippen molar-refractivity contribution in [2.45, 2.75) is 30.3 Å². The number of nitrogens with zero attached hydrogens (tertiary/aromatic N) is 2. The van der Waals surface area contributed by atoms with Crippen LogP contribution in [-0.4, -0.2) is 47.0 Å². The molecule has 1 saturated carbocycles. The van der Waals surface area contributed by atoms with Gasteiger partial charge in [0.2, 0.25) is 0 Å². The minimum absolute atomic E-state index is 0.0282. The first-order valence-electron chi connectivity index (χ1n) is 5.27. The number of nitrogens with one attached hydrogen (secondary N) is 1. The second kappa shape index (κ2) is 4.52. The van der Waals surface area contributed by atoms with Crippen molar-refractivity contribution in [3.63, 3.8) is 0 Å². The van der Waals surface area contributed by atoms with Crippen LogP contribution in [0.2, 0.25) is 0 Å². The lowest BCUT2D eigenvalue weighted by Gasteiger charge is -2.35. The third kappa shape index (κ3) is 1.98. The summed E-state index contributed by atoms with van der Waals surface area (Å²) in [4.78, 5) is 6.31. The van der Waals surface area contributed by atoms with Crippen LogP contribution < -0.4 is 0 Å². The number of hydrogen-bond acceptors (Lipinski definition) is 4. The molecule has 90 valence electrons. The fourth-order valence-electron chi connectivity index (χ4n) is 1.78. The number of aliphatic hydroxyl groups excluding tert-OH is 1. The molecule has 0 aromatic carbocycles. The van der Waals surface area contributed by atoms with Crippen molar-refractivity contribution in [2.75, 3.05) is 13.2 Å². The summed E-state index contributed by atoms with van der Waals surface area (Å²) in [5, 5.41) is 9.02. The van der Waals surface area contributed by atoms with E-state index in [1.807, 2.05) is 0 Å². The van der Waals surface area contributed by atoms with Crippen molar-refractivity contribution in [3.8, 4) is 0 Å². The average molecular weight is 245 g/mol. The zero-order valence-electron chi connectivity index (χ0n) is 8.83. The monoisotopic (exact) mass is 245 g/mol. The number of hydrogen-bond donors (Lipinski definition) is 2. The van der Waals surface area contributed by atoms with Gasteiger partial charge in [-0.2, -0.15) is 4.31 Å². The second-order valence-electron chi connectivity index (χ2n) is 3.84. The molecule has 6 nitrogen and oxygen atoms in total. The van der Waals surface area contributed by atoms with E-state index >= 15 is 0 Å². The molecule has 7 heteroatoms. The van der Waals surface area contributed by atoms with E-state index in [1.165, 1.54) is 16.8 Å². The maximum atomic E-state index is 12.2. The third-order valence-corrected chi connectivity index (χ3v) is 4.74. The van der Waals surface area contributed by atoms with Crippen LogP contribution in [0.25, 0.3) is 0 Å². The Hall–Kier alpha value is -0.920. The minimum Gasteiger partial charge on any atom is -0.395 e. The Bertz CT molecular complexity index is 425. The minimum atomic E-state index is -3.52. The molecule has 1 aliphatic rings. The van der Waals surface area contributed by atoms with Gasteiger partial charge in [-0.1, -0.05) is 6.42 Å². The van der Waals surface area contributed by atoms with Gasteiger partial charge in [-0.25, -0.2) is 13.4 Å². The topological polar surface area (TPSA) is 86.3 Å². The Morgan fingerprint density at radius 2 is 2.31 bits per heavy atom. The van der Waals surface area contributed by atoms with E-state index in [9.17, 15) is 8.42 Å². The molecule has 0 unspecified atom stereocenters. The van der Waals surface area contributed by atoms with Gasteiger partial charge in [0.15, 0.2) is 5.03 Å². The van der Waals surface area contributed by atoms with Gasteiger partial charge >= 0.3 is 0 Å². The lowest BCUT2D eigenvalue weighted by molar-refractivity contribution is 0.178. The van der Waals surface area contributed by atoms with Crippen LogP contribution in [0, 0.1) is 0 Å². The highest BCUT2D eigenvalue weighted by Gasteiger charge is 2.35. The van der Waals surface area contributed by atoms with Crippen molar-refractivity contribution >= 4 is 10.0 Å². The molecule has 0 radical (unpaired) electrons. The maximum absolute atomic E-state index is 12.2. The molecule has 0 amide bonds. The second-order valence-corrected chi connectivity index (χ2v) is 5.70. The number of H-pyrrole nitrogens is 1. The van der Waals surface area contributed by atoms with Crippen LogP contribution in [0.4, 0.5) is 0 Å². The lowest BCUT2D eigenvalue weighted by atomic mass is 9.93. The van der Waals surface area contributed by atoms with Gasteiger partial charge in [-0.05, 0) is 12.8 Å². The Kier molecular flexibility index (Phi) is 3.27. The maximum Gasteiger partial charge on any atom is 0.260 e. The fraction of sp³-hybridized carbons (Fsp3) is 0.667. The van der Waals surface area contributed by atoms with Crippen LogP contribution in [0.15, 0.2) is 17.6 Å². The largest absolute Gasteiger partial charge is 0.395 e. The smallest absolute Gasteiger partial charge is 0.260 e. The van der Waals surface area contributed by atoms with E-state index in [4.69, 9.17) is 5.11 Å². The summed E-state index contributed by atoms with van der Waals surface area (Å²) in [5.74, 6) is 0.